The molecule has 5 N–H and O–H groups in total. The van der Waals surface area contributed by atoms with Crippen LogP contribution in [0.1, 0.15) is 53.6 Å². The van der Waals surface area contributed by atoms with Crippen LogP contribution in [0.5, 0.6) is 0 Å². The number of fused-ring (bicyclic) bond motifs is 1. The van der Waals surface area contributed by atoms with E-state index in [0.29, 0.717) is 56.9 Å². The molecule has 1 aliphatic heterocycles. The fourth-order valence-electron chi connectivity index (χ4n) is 4.61. The molecule has 1 aliphatic rings. The summed E-state index contributed by atoms with van der Waals surface area (Å²) in [5.41, 5.74) is 4.13. The maximum Gasteiger partial charge on any atom is 0.337 e. The molecule has 10 nitrogen and oxygen atoms in total. The largest absolute Gasteiger partial charge is 0.478 e. The highest BCUT2D eigenvalue weighted by Gasteiger charge is 2.26. The molecule has 10 heteroatoms. The number of carboxylic acid groups (broad SMARTS) is 1. The lowest BCUT2D eigenvalue weighted by Gasteiger charge is -2.08. The van der Waals surface area contributed by atoms with Crippen LogP contribution in [-0.2, 0) is 4.79 Å². The van der Waals surface area contributed by atoms with E-state index >= 15 is 0 Å². The van der Waals surface area contributed by atoms with Crippen molar-refractivity contribution in [1.82, 2.24) is 9.97 Å². The summed E-state index contributed by atoms with van der Waals surface area (Å²) in [6.45, 7) is 3.32. The number of H-pyrrole nitrogens is 2. The molecule has 2 aromatic carbocycles. The molecule has 3 heterocycles. The Labute approximate surface area is 221 Å². The zero-order valence-electron chi connectivity index (χ0n) is 20.8. The quantitative estimate of drug-likeness (QED) is 0.188. The number of nitrogens with one attached hydrogen (secondary N) is 4. The molecule has 0 unspecified atom stereocenters. The molecular weight excluding hydrogens is 500 g/mol. The minimum Gasteiger partial charge on any atom is -0.478 e. The fourth-order valence-corrected chi connectivity index (χ4v) is 4.61. The number of aromatic carboxylic acids is 1. The highest BCUT2D eigenvalue weighted by molar-refractivity contribution is 6.35. The average molecular weight is 523 g/mol. The lowest BCUT2D eigenvalue weighted by Crippen LogP contribution is -2.22. The Morgan fingerprint density at radius 2 is 1.72 bits per heavy atom. The molecule has 194 valence electrons. The number of carboxylic acids is 1. The van der Waals surface area contributed by atoms with Crippen molar-refractivity contribution in [3.63, 3.8) is 0 Å². The first-order valence-electron chi connectivity index (χ1n) is 11.9. The minimum absolute atomic E-state index is 0.107. The Bertz CT molecular complexity index is 1780. The molecule has 0 radical (unpaired) electrons. The molecule has 0 bridgehead atoms. The molecule has 0 fully saturated rings. The first kappa shape index (κ1) is 25.2. The molecule has 2 aromatic heterocycles. The highest BCUT2D eigenvalue weighted by Crippen LogP contribution is 2.36. The normalized spacial score (nSPS) is 13.2. The molecule has 4 aromatic rings. The van der Waals surface area contributed by atoms with Crippen LogP contribution in [-0.4, -0.2) is 39.1 Å². The predicted molar refractivity (Wildman–Crippen MR) is 146 cm³/mol. The van der Waals surface area contributed by atoms with Crippen LogP contribution in [0.2, 0.25) is 0 Å². The smallest absolute Gasteiger partial charge is 0.337 e. The van der Waals surface area contributed by atoms with E-state index in [1.54, 1.807) is 62.4 Å². The van der Waals surface area contributed by atoms with Crippen LogP contribution in [0.3, 0.4) is 0 Å². The zero-order valence-corrected chi connectivity index (χ0v) is 20.8. The second-order valence-electron chi connectivity index (χ2n) is 9.05. The van der Waals surface area contributed by atoms with Gasteiger partial charge in [0, 0.05) is 46.2 Å². The zero-order chi connectivity index (χ0) is 27.8. The van der Waals surface area contributed by atoms with Crippen LogP contribution in [0.4, 0.5) is 11.4 Å². The van der Waals surface area contributed by atoms with Crippen molar-refractivity contribution in [2.45, 2.75) is 13.8 Å². The Balaban J connectivity index is 1.41. The second kappa shape index (κ2) is 9.75. The number of carbonyl (C=O) groups excluding carboxylic acids is 3. The Morgan fingerprint density at radius 1 is 0.974 bits per heavy atom. The van der Waals surface area contributed by atoms with Gasteiger partial charge in [0.15, 0.2) is 0 Å². The lowest BCUT2D eigenvalue weighted by molar-refractivity contribution is -0.110. The van der Waals surface area contributed by atoms with Crippen LogP contribution in [0.25, 0.3) is 22.8 Å². The number of rotatable bonds is 6. The number of aryl methyl sites for hydroxylation is 1. The Morgan fingerprint density at radius 3 is 2.38 bits per heavy atom. The first-order chi connectivity index (χ1) is 18.7. The van der Waals surface area contributed by atoms with Crippen LogP contribution >= 0.6 is 0 Å². The standard InChI is InChI=1S/C29H22N4O6/c1-14-23(31-15(2)25(14)29(38)39)10-20-19-8-7-18(9-24(19)33-27(20)36)32-28(37)22-12-30-11-21(26(22)35)17-5-3-16(13-34)4-6-17/h3-13,31H,1-2H3,(H,30,35)(H,32,37)(H,33,36)(H,38,39)/b20-10-. The summed E-state index contributed by atoms with van der Waals surface area (Å²) in [4.78, 5) is 67.0. The first-order valence-corrected chi connectivity index (χ1v) is 11.9. The van der Waals surface area contributed by atoms with Crippen molar-refractivity contribution in [2.75, 3.05) is 10.6 Å². The van der Waals surface area contributed by atoms with Crippen molar-refractivity contribution in [3.05, 3.63) is 104 Å². The van der Waals surface area contributed by atoms with E-state index in [-0.39, 0.29) is 22.6 Å². The molecule has 5 rings (SSSR count). The molecule has 0 saturated carbocycles. The van der Waals surface area contributed by atoms with Gasteiger partial charge in [-0.3, -0.25) is 19.2 Å². The van der Waals surface area contributed by atoms with E-state index in [2.05, 4.69) is 20.6 Å². The Hall–Kier alpha value is -5.51. The van der Waals surface area contributed by atoms with Gasteiger partial charge in [0.25, 0.3) is 11.8 Å². The van der Waals surface area contributed by atoms with Crippen LogP contribution < -0.4 is 16.1 Å². The molecule has 2 amide bonds. The summed E-state index contributed by atoms with van der Waals surface area (Å²) in [6, 6.07) is 11.3. The van der Waals surface area contributed by atoms with E-state index in [4.69, 9.17) is 0 Å². The number of carbonyl (C=O) groups is 4. The van der Waals surface area contributed by atoms with E-state index in [1.165, 1.54) is 12.4 Å². The van der Waals surface area contributed by atoms with Gasteiger partial charge in [-0.1, -0.05) is 30.3 Å². The van der Waals surface area contributed by atoms with Gasteiger partial charge in [-0.05, 0) is 43.2 Å². The summed E-state index contributed by atoms with van der Waals surface area (Å²) >= 11 is 0. The van der Waals surface area contributed by atoms with Gasteiger partial charge >= 0.3 is 5.97 Å². The number of aromatic amines is 2. The third-order valence-corrected chi connectivity index (χ3v) is 6.59. The van der Waals surface area contributed by atoms with Crippen LogP contribution in [0, 0.1) is 13.8 Å². The maximum absolute atomic E-state index is 13.0. The molecule has 0 atom stereocenters. The van der Waals surface area contributed by atoms with Crippen molar-refractivity contribution >= 4 is 47.1 Å². The summed E-state index contributed by atoms with van der Waals surface area (Å²) < 4.78 is 0. The minimum atomic E-state index is -1.05. The second-order valence-corrected chi connectivity index (χ2v) is 9.05. The van der Waals surface area contributed by atoms with Gasteiger partial charge in [-0.2, -0.15) is 0 Å². The van der Waals surface area contributed by atoms with Gasteiger partial charge in [-0.15, -0.1) is 0 Å². The van der Waals surface area contributed by atoms with Gasteiger partial charge in [-0.25, -0.2) is 4.79 Å². The van der Waals surface area contributed by atoms with Gasteiger partial charge < -0.3 is 25.7 Å². The van der Waals surface area contributed by atoms with Crippen molar-refractivity contribution < 1.29 is 24.3 Å². The maximum atomic E-state index is 13.0. The topological polar surface area (TPSA) is 161 Å². The number of pyridine rings is 1. The number of hydrogen-bond acceptors (Lipinski definition) is 5. The average Bonchev–Trinajstić information content (AvgIpc) is 3.37. The fraction of sp³-hybridized carbons (Fsp3) is 0.0690. The SMILES string of the molecule is Cc1[nH]c(/C=C2\C(=O)Nc3cc(NC(=O)c4c[nH]cc(-c5ccc(C=O)cc5)c4=O)ccc32)c(C)c1C(=O)O. The number of amides is 2. The van der Waals surface area contributed by atoms with Crippen LogP contribution in [0.15, 0.2) is 59.7 Å². The third kappa shape index (κ3) is 4.55. The molecular formula is C29H22N4O6. The van der Waals surface area contributed by atoms with E-state index in [0.717, 1.165) is 0 Å². The number of anilines is 2. The molecule has 39 heavy (non-hydrogen) atoms. The van der Waals surface area contributed by atoms with E-state index in [9.17, 15) is 29.1 Å². The molecule has 0 spiro atoms. The predicted octanol–water partition coefficient (Wildman–Crippen LogP) is 4.24. The van der Waals surface area contributed by atoms with Crippen molar-refractivity contribution in [3.8, 4) is 11.1 Å². The van der Waals surface area contributed by atoms with Crippen molar-refractivity contribution in [1.29, 1.82) is 0 Å². The molecule has 0 aliphatic carbocycles. The third-order valence-electron chi connectivity index (χ3n) is 6.59. The monoisotopic (exact) mass is 522 g/mol. The number of benzene rings is 2. The Kier molecular flexibility index (Phi) is 6.29. The molecule has 0 saturated heterocycles. The summed E-state index contributed by atoms with van der Waals surface area (Å²) in [6.07, 6.45) is 5.09. The highest BCUT2D eigenvalue weighted by atomic mass is 16.4. The van der Waals surface area contributed by atoms with Gasteiger partial charge in [0.05, 0.1) is 16.8 Å². The summed E-state index contributed by atoms with van der Waals surface area (Å²) in [7, 11) is 0. The summed E-state index contributed by atoms with van der Waals surface area (Å²) in [5.74, 6) is -2.06. The van der Waals surface area contributed by atoms with E-state index < -0.39 is 17.3 Å². The number of aldehydes is 1. The van der Waals surface area contributed by atoms with Gasteiger partial charge in [0.1, 0.15) is 11.8 Å². The van der Waals surface area contributed by atoms with Gasteiger partial charge in [0.2, 0.25) is 5.43 Å². The summed E-state index contributed by atoms with van der Waals surface area (Å²) in [5, 5.41) is 14.9. The van der Waals surface area contributed by atoms with E-state index in [1.807, 2.05) is 0 Å². The lowest BCUT2D eigenvalue weighted by atomic mass is 10.0. The van der Waals surface area contributed by atoms with Crippen molar-refractivity contribution in [2.24, 2.45) is 0 Å². The number of hydrogen-bond donors (Lipinski definition) is 5. The number of aromatic nitrogens is 2.